The van der Waals surface area contributed by atoms with Gasteiger partial charge in [0.2, 0.25) is 0 Å². The summed E-state index contributed by atoms with van der Waals surface area (Å²) in [4.78, 5) is 24.1. The molecule has 1 aliphatic heterocycles. The largest absolute Gasteiger partial charge is 0.504 e. The highest BCUT2D eigenvalue weighted by atomic mass is 16.3. The first-order valence-electron chi connectivity index (χ1n) is 6.11. The summed E-state index contributed by atoms with van der Waals surface area (Å²) in [6.45, 7) is 0. The summed E-state index contributed by atoms with van der Waals surface area (Å²) in [5.74, 6) is -1.54. The molecule has 21 heavy (non-hydrogen) atoms. The third-order valence-corrected chi connectivity index (χ3v) is 3.09. The fraction of sp³-hybridized carbons (Fsp3) is 0. The first-order valence-corrected chi connectivity index (χ1v) is 6.11. The van der Waals surface area contributed by atoms with Crippen LogP contribution in [-0.2, 0) is 0 Å². The number of aromatic hydroxyl groups is 2. The van der Waals surface area contributed by atoms with Gasteiger partial charge in [-0.2, -0.15) is 10.1 Å². The van der Waals surface area contributed by atoms with Crippen LogP contribution < -0.4 is 0 Å². The molecule has 1 heterocycles. The maximum Gasteiger partial charge on any atom is 0.282 e. The Morgan fingerprint density at radius 1 is 0.905 bits per heavy atom. The van der Waals surface area contributed by atoms with Crippen LogP contribution >= 0.6 is 0 Å². The second-order valence-electron chi connectivity index (χ2n) is 4.46. The fourth-order valence-corrected chi connectivity index (χ4v) is 2.03. The van der Waals surface area contributed by atoms with Crippen LogP contribution in [0.2, 0.25) is 0 Å². The van der Waals surface area contributed by atoms with Crippen LogP contribution in [0.15, 0.2) is 47.6 Å². The van der Waals surface area contributed by atoms with Crippen LogP contribution in [0.25, 0.3) is 0 Å². The number of hydrogen-bond acceptors (Lipinski definition) is 5. The molecule has 0 fully saturated rings. The smallest absolute Gasteiger partial charge is 0.282 e. The first-order chi connectivity index (χ1) is 10.1. The molecule has 0 spiro atoms. The van der Waals surface area contributed by atoms with Gasteiger partial charge in [-0.1, -0.05) is 12.1 Å². The molecule has 6 heteroatoms. The Morgan fingerprint density at radius 2 is 1.52 bits per heavy atom. The number of phenols is 2. The van der Waals surface area contributed by atoms with Gasteiger partial charge in [-0.05, 0) is 35.9 Å². The average Bonchev–Trinajstić information content (AvgIpc) is 2.73. The highest BCUT2D eigenvalue weighted by Crippen LogP contribution is 2.25. The lowest BCUT2D eigenvalue weighted by molar-refractivity contribution is 0.0660. The molecular formula is C15H10N2O4. The third-order valence-electron chi connectivity index (χ3n) is 3.09. The normalized spacial score (nSPS) is 14.0. The number of imide groups is 1. The van der Waals surface area contributed by atoms with E-state index in [4.69, 9.17) is 0 Å². The number of amides is 2. The van der Waals surface area contributed by atoms with Crippen LogP contribution in [0.5, 0.6) is 11.5 Å². The van der Waals surface area contributed by atoms with Gasteiger partial charge in [-0.3, -0.25) is 9.59 Å². The van der Waals surface area contributed by atoms with Crippen molar-refractivity contribution in [3.05, 3.63) is 59.2 Å². The molecule has 0 radical (unpaired) electrons. The number of hydrogen-bond donors (Lipinski definition) is 2. The SMILES string of the molecule is O=C1c2ccccc2C(=O)N1/N=C\c1ccc(O)c(O)c1. The van der Waals surface area contributed by atoms with Crippen molar-refractivity contribution in [1.82, 2.24) is 5.01 Å². The zero-order valence-electron chi connectivity index (χ0n) is 10.7. The molecule has 0 atom stereocenters. The summed E-state index contributed by atoms with van der Waals surface area (Å²) in [6.07, 6.45) is 1.26. The molecule has 0 aromatic heterocycles. The number of nitrogens with zero attached hydrogens (tertiary/aromatic N) is 2. The van der Waals surface area contributed by atoms with E-state index in [2.05, 4.69) is 5.10 Å². The minimum absolute atomic E-state index is 0.257. The van der Waals surface area contributed by atoms with Crippen molar-refractivity contribution < 1.29 is 19.8 Å². The Labute approximate surface area is 119 Å². The zero-order chi connectivity index (χ0) is 15.0. The quantitative estimate of drug-likeness (QED) is 0.498. The van der Waals surface area contributed by atoms with Crippen LogP contribution in [0.3, 0.4) is 0 Å². The monoisotopic (exact) mass is 282 g/mol. The Balaban J connectivity index is 1.89. The van der Waals surface area contributed by atoms with Gasteiger partial charge in [0.15, 0.2) is 11.5 Å². The van der Waals surface area contributed by atoms with Crippen LogP contribution in [-0.4, -0.2) is 33.3 Å². The van der Waals surface area contributed by atoms with Crippen molar-refractivity contribution in [3.63, 3.8) is 0 Å². The molecule has 2 aromatic rings. The topological polar surface area (TPSA) is 90.2 Å². The van der Waals surface area contributed by atoms with E-state index < -0.39 is 11.8 Å². The van der Waals surface area contributed by atoms with Crippen molar-refractivity contribution in [1.29, 1.82) is 0 Å². The summed E-state index contributed by atoms with van der Waals surface area (Å²) >= 11 is 0. The van der Waals surface area contributed by atoms with Crippen molar-refractivity contribution in [3.8, 4) is 11.5 Å². The van der Waals surface area contributed by atoms with E-state index in [9.17, 15) is 19.8 Å². The van der Waals surface area contributed by atoms with Crippen molar-refractivity contribution in [2.24, 2.45) is 5.10 Å². The first kappa shape index (κ1) is 12.9. The Hall–Kier alpha value is -3.15. The number of rotatable bonds is 2. The van der Waals surface area contributed by atoms with Crippen LogP contribution in [0.1, 0.15) is 26.3 Å². The summed E-state index contributed by atoms with van der Waals surface area (Å²) < 4.78 is 0. The molecule has 0 saturated carbocycles. The highest BCUT2D eigenvalue weighted by molar-refractivity contribution is 6.21. The van der Waals surface area contributed by atoms with E-state index in [0.29, 0.717) is 16.7 Å². The average molecular weight is 282 g/mol. The number of benzene rings is 2. The van der Waals surface area contributed by atoms with Gasteiger partial charge in [-0.15, -0.1) is 0 Å². The Bertz CT molecular complexity index is 748. The van der Waals surface area contributed by atoms with E-state index in [1.807, 2.05) is 0 Å². The molecule has 0 unspecified atom stereocenters. The standard InChI is InChI=1S/C15H10N2O4/c18-12-6-5-9(7-13(12)19)8-16-17-14(20)10-3-1-2-4-11(10)15(17)21/h1-8,18-19H/b16-8-. The predicted molar refractivity (Wildman–Crippen MR) is 74.3 cm³/mol. The lowest BCUT2D eigenvalue weighted by atomic mass is 10.1. The minimum Gasteiger partial charge on any atom is -0.504 e. The van der Waals surface area contributed by atoms with Crippen molar-refractivity contribution in [2.45, 2.75) is 0 Å². The second-order valence-corrected chi connectivity index (χ2v) is 4.46. The zero-order valence-corrected chi connectivity index (χ0v) is 10.7. The molecule has 2 N–H and O–H groups in total. The minimum atomic E-state index is -0.491. The van der Waals surface area contributed by atoms with E-state index in [1.54, 1.807) is 24.3 Å². The summed E-state index contributed by atoms with van der Waals surface area (Å²) in [5, 5.41) is 23.2. The van der Waals surface area contributed by atoms with E-state index in [-0.39, 0.29) is 11.5 Å². The maximum atomic E-state index is 12.1. The molecule has 0 aliphatic carbocycles. The molecule has 0 saturated heterocycles. The summed E-state index contributed by atoms with van der Waals surface area (Å²) in [5.41, 5.74) is 1.07. The van der Waals surface area contributed by atoms with Gasteiger partial charge in [0, 0.05) is 0 Å². The van der Waals surface area contributed by atoms with E-state index in [0.717, 1.165) is 5.01 Å². The number of carbonyl (C=O) groups excluding carboxylic acids is 2. The second kappa shape index (κ2) is 4.75. The van der Waals surface area contributed by atoms with Gasteiger partial charge < -0.3 is 10.2 Å². The van der Waals surface area contributed by atoms with Gasteiger partial charge in [0.05, 0.1) is 17.3 Å². The van der Waals surface area contributed by atoms with Crippen molar-refractivity contribution >= 4 is 18.0 Å². The third kappa shape index (κ3) is 2.12. The predicted octanol–water partition coefficient (Wildman–Crippen LogP) is 1.73. The summed E-state index contributed by atoms with van der Waals surface area (Å²) in [7, 11) is 0. The van der Waals surface area contributed by atoms with E-state index in [1.165, 1.54) is 24.4 Å². The fourth-order valence-electron chi connectivity index (χ4n) is 2.03. The van der Waals surface area contributed by atoms with Gasteiger partial charge in [0.1, 0.15) is 0 Å². The summed E-state index contributed by atoms with van der Waals surface area (Å²) in [6, 6.07) is 10.5. The van der Waals surface area contributed by atoms with Gasteiger partial charge >= 0.3 is 0 Å². The molecule has 104 valence electrons. The van der Waals surface area contributed by atoms with E-state index >= 15 is 0 Å². The Kier molecular flexibility index (Phi) is 2.91. The lowest BCUT2D eigenvalue weighted by Crippen LogP contribution is -2.23. The number of fused-ring (bicyclic) bond motifs is 1. The molecule has 1 aliphatic rings. The molecule has 6 nitrogen and oxygen atoms in total. The number of phenolic OH excluding ortho intramolecular Hbond substituents is 2. The van der Waals surface area contributed by atoms with Crippen molar-refractivity contribution in [2.75, 3.05) is 0 Å². The van der Waals surface area contributed by atoms with Gasteiger partial charge in [-0.25, -0.2) is 0 Å². The lowest BCUT2D eigenvalue weighted by Gasteiger charge is -2.05. The maximum absolute atomic E-state index is 12.1. The van der Waals surface area contributed by atoms with Crippen LogP contribution in [0.4, 0.5) is 0 Å². The molecule has 2 amide bonds. The van der Waals surface area contributed by atoms with Gasteiger partial charge in [0.25, 0.3) is 11.8 Å². The Morgan fingerprint density at radius 3 is 2.10 bits per heavy atom. The highest BCUT2D eigenvalue weighted by Gasteiger charge is 2.35. The molecule has 2 aromatic carbocycles. The van der Waals surface area contributed by atoms with Crippen LogP contribution in [0, 0.1) is 0 Å². The number of carbonyl (C=O) groups is 2. The molecule has 0 bridgehead atoms. The molecular weight excluding hydrogens is 272 g/mol. The number of hydrazone groups is 1. The molecule has 3 rings (SSSR count).